The number of carbonyl (C=O) groups is 2. The van der Waals surface area contributed by atoms with E-state index in [4.69, 9.17) is 26.2 Å². The van der Waals surface area contributed by atoms with Gasteiger partial charge in [0.1, 0.15) is 12.4 Å². The van der Waals surface area contributed by atoms with Crippen LogP contribution in [-0.4, -0.2) is 84.3 Å². The summed E-state index contributed by atoms with van der Waals surface area (Å²) in [6.07, 6.45) is -8.59. The Kier molecular flexibility index (Phi) is 11.9. The molecule has 1 atom stereocenters. The van der Waals surface area contributed by atoms with Gasteiger partial charge in [-0.3, -0.25) is 0 Å². The fraction of sp³-hybridized carbons (Fsp3) is 0.462. The fourth-order valence-electron chi connectivity index (χ4n) is 3.58. The third-order valence-electron chi connectivity index (χ3n) is 6.01. The first-order valence-corrected chi connectivity index (χ1v) is 12.9. The summed E-state index contributed by atoms with van der Waals surface area (Å²) in [7, 11) is 0. The van der Waals surface area contributed by atoms with Crippen molar-refractivity contribution in [2.45, 2.75) is 49.3 Å². The third-order valence-corrected chi connectivity index (χ3v) is 6.34. The van der Waals surface area contributed by atoms with Crippen molar-refractivity contribution < 1.29 is 72.5 Å². The first-order chi connectivity index (χ1) is 20.6. The van der Waals surface area contributed by atoms with Crippen LogP contribution in [-0.2, 0) is 16.0 Å². The number of anilines is 1. The summed E-state index contributed by atoms with van der Waals surface area (Å²) in [5.74, 6) is -30.2. The van der Waals surface area contributed by atoms with E-state index in [1.165, 1.54) is 42.5 Å². The molecule has 0 saturated heterocycles. The van der Waals surface area contributed by atoms with Crippen molar-refractivity contribution in [3.63, 3.8) is 0 Å². The highest BCUT2D eigenvalue weighted by Gasteiger charge is 2.87. The van der Waals surface area contributed by atoms with E-state index in [1.54, 1.807) is 6.92 Å². The molecular formula is C26H24ClF11N2O5. The van der Waals surface area contributed by atoms with Crippen LogP contribution in [0.4, 0.5) is 58.8 Å². The molecule has 0 aliphatic heterocycles. The van der Waals surface area contributed by atoms with Crippen molar-refractivity contribution in [1.82, 2.24) is 4.90 Å². The number of hydrogen-bond acceptors (Lipinski definition) is 4. The predicted octanol–water partition coefficient (Wildman–Crippen LogP) is 7.39. The average Bonchev–Trinajstić information content (AvgIpc) is 2.93. The molecule has 19 heteroatoms. The zero-order chi connectivity index (χ0) is 34.4. The number of para-hydroxylation sites is 1. The molecule has 2 rings (SSSR count). The summed E-state index contributed by atoms with van der Waals surface area (Å²) >= 11 is 5.84. The van der Waals surface area contributed by atoms with Crippen molar-refractivity contribution >= 4 is 29.3 Å². The number of carbonyl (C=O) groups excluding carboxylic acids is 1. The molecule has 0 spiro atoms. The number of rotatable bonds is 15. The molecule has 0 aliphatic rings. The second-order valence-electron chi connectivity index (χ2n) is 9.24. The molecule has 2 aromatic rings. The summed E-state index contributed by atoms with van der Waals surface area (Å²) in [6.45, 7) is -3.02. The van der Waals surface area contributed by atoms with Crippen LogP contribution in [0.15, 0.2) is 48.5 Å². The smallest absolute Gasteiger partial charge is 0.460 e. The first kappa shape index (κ1) is 37.6. The van der Waals surface area contributed by atoms with Gasteiger partial charge in [0.15, 0.2) is 6.10 Å². The number of nitrogens with zero attached hydrogens (tertiary/aromatic N) is 1. The number of carboxylic acids is 1. The van der Waals surface area contributed by atoms with Gasteiger partial charge in [-0.25, -0.2) is 9.59 Å². The molecule has 2 N–H and O–H groups in total. The fourth-order valence-corrected chi connectivity index (χ4v) is 3.76. The monoisotopic (exact) mass is 688 g/mol. The van der Waals surface area contributed by atoms with Gasteiger partial charge in [0.2, 0.25) is 0 Å². The minimum Gasteiger partial charge on any atom is -0.492 e. The Hall–Kier alpha value is -3.54. The van der Waals surface area contributed by atoms with E-state index in [1.807, 2.05) is 5.32 Å². The van der Waals surface area contributed by atoms with E-state index in [9.17, 15) is 57.9 Å². The van der Waals surface area contributed by atoms with Gasteiger partial charge < -0.3 is 24.8 Å². The standard InChI is InChI=1S/C26H24ClF11N2O5/c1-2-44-19(20(41)42)13-15-7-9-16(10-8-15)45-12-11-40(21(43)39-18-6-4-3-5-17(18)27)14-22(28,29)23(30,31)24(32,33)25(34,35)26(36,37)38/h3-10,19H,2,11-14H2,1H3,(H,39,43)(H,41,42). The Morgan fingerprint density at radius 1 is 0.889 bits per heavy atom. The maximum atomic E-state index is 14.6. The maximum absolute atomic E-state index is 14.6. The van der Waals surface area contributed by atoms with Crippen LogP contribution in [0.3, 0.4) is 0 Å². The van der Waals surface area contributed by atoms with E-state index in [2.05, 4.69) is 0 Å². The van der Waals surface area contributed by atoms with Crippen molar-refractivity contribution in [2.75, 3.05) is 31.6 Å². The summed E-state index contributed by atoms with van der Waals surface area (Å²) in [5, 5.41) is 10.9. The Labute approximate surface area is 252 Å². The maximum Gasteiger partial charge on any atom is 0.460 e. The Morgan fingerprint density at radius 2 is 1.47 bits per heavy atom. The van der Waals surface area contributed by atoms with Crippen LogP contribution >= 0.6 is 11.6 Å². The zero-order valence-electron chi connectivity index (χ0n) is 22.8. The SMILES string of the molecule is CCOC(Cc1ccc(OCCN(CC(F)(F)C(F)(F)C(F)(F)C(F)(F)C(F)(F)F)C(=O)Nc2ccccc2Cl)cc1)C(=O)O. The van der Waals surface area contributed by atoms with E-state index < -0.39 is 67.7 Å². The summed E-state index contributed by atoms with van der Waals surface area (Å²) in [4.78, 5) is 23.7. The van der Waals surface area contributed by atoms with E-state index in [0.717, 1.165) is 6.07 Å². The number of ether oxygens (including phenoxy) is 2. The molecule has 0 aromatic heterocycles. The second kappa shape index (κ2) is 14.3. The molecule has 0 fully saturated rings. The summed E-state index contributed by atoms with van der Waals surface area (Å²) < 4.78 is 159. The lowest BCUT2D eigenvalue weighted by Crippen LogP contribution is -2.68. The molecule has 2 aromatic carbocycles. The van der Waals surface area contributed by atoms with E-state index >= 15 is 0 Å². The van der Waals surface area contributed by atoms with Crippen molar-refractivity contribution in [1.29, 1.82) is 0 Å². The molecule has 0 heterocycles. The lowest BCUT2D eigenvalue weighted by Gasteiger charge is -2.38. The van der Waals surface area contributed by atoms with Crippen molar-refractivity contribution in [2.24, 2.45) is 0 Å². The normalized spacial score (nSPS) is 13.7. The van der Waals surface area contributed by atoms with Gasteiger partial charge in [0.05, 0.1) is 23.8 Å². The second-order valence-corrected chi connectivity index (χ2v) is 9.64. The number of hydrogen-bond donors (Lipinski definition) is 2. The highest BCUT2D eigenvalue weighted by Crippen LogP contribution is 2.57. The molecule has 0 radical (unpaired) electrons. The molecule has 0 aliphatic carbocycles. The lowest BCUT2D eigenvalue weighted by molar-refractivity contribution is -0.422. The Morgan fingerprint density at radius 3 is 1.98 bits per heavy atom. The number of urea groups is 1. The molecule has 7 nitrogen and oxygen atoms in total. The van der Waals surface area contributed by atoms with Gasteiger partial charge in [-0.1, -0.05) is 35.9 Å². The molecule has 45 heavy (non-hydrogen) atoms. The molecule has 1 unspecified atom stereocenters. The van der Waals surface area contributed by atoms with Gasteiger partial charge >= 0.3 is 41.9 Å². The number of aliphatic carboxylic acids is 1. The van der Waals surface area contributed by atoms with Gasteiger partial charge in [-0.15, -0.1) is 0 Å². The van der Waals surface area contributed by atoms with Gasteiger partial charge in [0, 0.05) is 13.0 Å². The number of halogens is 12. The molecule has 0 saturated carbocycles. The minimum absolute atomic E-state index is 0.0399. The zero-order valence-corrected chi connectivity index (χ0v) is 23.6. The number of benzene rings is 2. The van der Waals surface area contributed by atoms with Crippen LogP contribution in [0, 0.1) is 0 Å². The van der Waals surface area contributed by atoms with Crippen LogP contribution in [0.5, 0.6) is 5.75 Å². The van der Waals surface area contributed by atoms with Crippen LogP contribution in [0.25, 0.3) is 0 Å². The Balaban J connectivity index is 2.29. The van der Waals surface area contributed by atoms with E-state index in [-0.39, 0.29) is 34.4 Å². The third kappa shape index (κ3) is 8.59. The predicted molar refractivity (Wildman–Crippen MR) is 137 cm³/mol. The first-order valence-electron chi connectivity index (χ1n) is 12.5. The molecule has 2 amide bonds. The van der Waals surface area contributed by atoms with Gasteiger partial charge in [-0.05, 0) is 36.8 Å². The highest BCUT2D eigenvalue weighted by atomic mass is 35.5. The number of nitrogens with one attached hydrogen (secondary N) is 1. The lowest BCUT2D eigenvalue weighted by atomic mass is 9.97. The van der Waals surface area contributed by atoms with E-state index in [0.29, 0.717) is 5.56 Å². The number of amides is 2. The van der Waals surface area contributed by atoms with Crippen molar-refractivity contribution in [3.05, 3.63) is 59.1 Å². The molecular weight excluding hydrogens is 665 g/mol. The summed E-state index contributed by atoms with van der Waals surface area (Å²) in [5.41, 5.74) is 0.156. The van der Waals surface area contributed by atoms with Gasteiger partial charge in [-0.2, -0.15) is 48.3 Å². The highest BCUT2D eigenvalue weighted by molar-refractivity contribution is 6.33. The van der Waals surface area contributed by atoms with Crippen LogP contribution < -0.4 is 10.1 Å². The minimum atomic E-state index is -7.65. The van der Waals surface area contributed by atoms with Crippen molar-refractivity contribution in [3.8, 4) is 5.75 Å². The average molecular weight is 689 g/mol. The summed E-state index contributed by atoms with van der Waals surface area (Å²) in [6, 6.07) is 8.53. The Bertz CT molecular complexity index is 1310. The quantitative estimate of drug-likeness (QED) is 0.191. The molecule has 0 bridgehead atoms. The van der Waals surface area contributed by atoms with Crippen LogP contribution in [0.2, 0.25) is 5.02 Å². The number of carboxylic acid groups (broad SMARTS) is 1. The largest absolute Gasteiger partial charge is 0.492 e. The van der Waals surface area contributed by atoms with Crippen LogP contribution in [0.1, 0.15) is 12.5 Å². The molecule has 252 valence electrons. The topological polar surface area (TPSA) is 88.1 Å². The number of alkyl halides is 11. The van der Waals surface area contributed by atoms with Gasteiger partial charge in [0.25, 0.3) is 0 Å².